The van der Waals surface area contributed by atoms with Crippen molar-refractivity contribution in [1.29, 1.82) is 0 Å². The van der Waals surface area contributed by atoms with Crippen LogP contribution in [0.5, 0.6) is 11.6 Å². The Morgan fingerprint density at radius 2 is 1.54 bits per heavy atom. The van der Waals surface area contributed by atoms with Crippen LogP contribution in [-0.4, -0.2) is 10.7 Å². The second-order valence-electron chi connectivity index (χ2n) is 6.70. The van der Waals surface area contributed by atoms with Crippen LogP contribution in [0.4, 0.5) is 0 Å². The van der Waals surface area contributed by atoms with Gasteiger partial charge in [-0.15, -0.1) is 0 Å². The smallest absolute Gasteiger partial charge is 0.229 e. The number of rotatable bonds is 4. The minimum Gasteiger partial charge on any atom is -0.438 e. The highest BCUT2D eigenvalue weighted by molar-refractivity contribution is 6.05. The number of ether oxygens (including phenoxy) is 1. The summed E-state index contributed by atoms with van der Waals surface area (Å²) < 4.78 is 6.12. The van der Waals surface area contributed by atoms with E-state index in [9.17, 15) is 0 Å². The molecular weight excluding hydrogens is 348 g/mol. The van der Waals surface area contributed by atoms with Crippen LogP contribution < -0.4 is 4.74 Å². The standard InChI is InChI=1S/C24H18N2O2/c1-3-9-17(10-4-1)23-16-22(26-28-23)20-15-18-11-7-8-14-21(18)25-24(20)27-19-12-5-2-6-13-19/h1-15,23H,16H2. The van der Waals surface area contributed by atoms with Crippen molar-refractivity contribution in [3.05, 3.63) is 102 Å². The van der Waals surface area contributed by atoms with Gasteiger partial charge < -0.3 is 9.57 Å². The van der Waals surface area contributed by atoms with Gasteiger partial charge in [0.1, 0.15) is 5.75 Å². The maximum absolute atomic E-state index is 6.12. The molecule has 0 fully saturated rings. The number of hydrogen-bond donors (Lipinski definition) is 0. The minimum atomic E-state index is -0.0905. The summed E-state index contributed by atoms with van der Waals surface area (Å²) in [5.74, 6) is 1.28. The molecule has 136 valence electrons. The maximum Gasteiger partial charge on any atom is 0.229 e. The Labute approximate surface area is 163 Å². The monoisotopic (exact) mass is 366 g/mol. The molecule has 4 aromatic rings. The first-order valence-corrected chi connectivity index (χ1v) is 9.27. The lowest BCUT2D eigenvalue weighted by atomic mass is 10.00. The number of para-hydroxylation sites is 2. The van der Waals surface area contributed by atoms with E-state index in [0.717, 1.165) is 33.5 Å². The van der Waals surface area contributed by atoms with Crippen LogP contribution in [0.15, 0.2) is 96.2 Å². The zero-order valence-electron chi connectivity index (χ0n) is 15.2. The molecule has 3 aromatic carbocycles. The summed E-state index contributed by atoms with van der Waals surface area (Å²) in [6.07, 6.45) is 0.585. The molecule has 5 rings (SSSR count). The fourth-order valence-corrected chi connectivity index (χ4v) is 3.37. The molecule has 28 heavy (non-hydrogen) atoms. The summed E-state index contributed by atoms with van der Waals surface area (Å²) in [6.45, 7) is 0. The number of fused-ring (bicyclic) bond motifs is 1. The van der Waals surface area contributed by atoms with Gasteiger partial charge in [0.25, 0.3) is 0 Å². The van der Waals surface area contributed by atoms with Gasteiger partial charge in [0.2, 0.25) is 5.88 Å². The van der Waals surface area contributed by atoms with Crippen molar-refractivity contribution in [2.45, 2.75) is 12.5 Å². The Balaban J connectivity index is 1.53. The van der Waals surface area contributed by atoms with Gasteiger partial charge >= 0.3 is 0 Å². The fourth-order valence-electron chi connectivity index (χ4n) is 3.37. The van der Waals surface area contributed by atoms with Crippen molar-refractivity contribution in [1.82, 2.24) is 4.98 Å². The predicted octanol–water partition coefficient (Wildman–Crippen LogP) is 5.89. The Hall–Kier alpha value is -3.66. The normalized spacial score (nSPS) is 15.9. The highest BCUT2D eigenvalue weighted by Gasteiger charge is 2.26. The molecule has 1 unspecified atom stereocenters. The molecule has 1 aliphatic heterocycles. The molecule has 0 spiro atoms. The van der Waals surface area contributed by atoms with E-state index >= 15 is 0 Å². The SMILES string of the molecule is c1ccc(Oc2nc3ccccc3cc2C2=NOC(c3ccccc3)C2)cc1. The molecule has 0 saturated carbocycles. The van der Waals surface area contributed by atoms with Crippen molar-refractivity contribution < 1.29 is 9.57 Å². The van der Waals surface area contributed by atoms with Gasteiger partial charge in [-0.2, -0.15) is 0 Å². The van der Waals surface area contributed by atoms with Crippen LogP contribution in [0, 0.1) is 0 Å². The topological polar surface area (TPSA) is 43.7 Å². The molecule has 0 radical (unpaired) electrons. The van der Waals surface area contributed by atoms with E-state index in [4.69, 9.17) is 14.6 Å². The number of oxime groups is 1. The van der Waals surface area contributed by atoms with Crippen LogP contribution >= 0.6 is 0 Å². The number of nitrogens with zero attached hydrogens (tertiary/aromatic N) is 2. The summed E-state index contributed by atoms with van der Waals surface area (Å²) in [5, 5.41) is 5.41. The van der Waals surface area contributed by atoms with Gasteiger partial charge in [-0.1, -0.05) is 71.9 Å². The van der Waals surface area contributed by atoms with Gasteiger partial charge in [-0.3, -0.25) is 0 Å². The Bertz CT molecular complexity index is 1140. The van der Waals surface area contributed by atoms with E-state index < -0.39 is 0 Å². The molecule has 4 nitrogen and oxygen atoms in total. The van der Waals surface area contributed by atoms with Crippen LogP contribution in [0.25, 0.3) is 10.9 Å². The molecule has 0 bridgehead atoms. The zero-order chi connectivity index (χ0) is 18.8. The fraction of sp³-hybridized carbons (Fsp3) is 0.0833. The van der Waals surface area contributed by atoms with Gasteiger partial charge in [-0.05, 0) is 29.8 Å². The molecule has 0 saturated heterocycles. The predicted molar refractivity (Wildman–Crippen MR) is 110 cm³/mol. The Morgan fingerprint density at radius 1 is 0.821 bits per heavy atom. The van der Waals surface area contributed by atoms with E-state index in [0.29, 0.717) is 12.3 Å². The Morgan fingerprint density at radius 3 is 2.36 bits per heavy atom. The van der Waals surface area contributed by atoms with Crippen molar-refractivity contribution in [2.75, 3.05) is 0 Å². The minimum absolute atomic E-state index is 0.0905. The summed E-state index contributed by atoms with van der Waals surface area (Å²) in [7, 11) is 0. The quantitative estimate of drug-likeness (QED) is 0.452. The maximum atomic E-state index is 6.12. The molecule has 0 amide bonds. The second-order valence-corrected chi connectivity index (χ2v) is 6.70. The Kier molecular flexibility index (Phi) is 4.22. The van der Waals surface area contributed by atoms with Crippen molar-refractivity contribution in [3.8, 4) is 11.6 Å². The van der Waals surface area contributed by atoms with E-state index in [2.05, 4.69) is 23.4 Å². The van der Waals surface area contributed by atoms with Gasteiger partial charge in [0, 0.05) is 11.8 Å². The van der Waals surface area contributed by atoms with E-state index in [-0.39, 0.29) is 6.10 Å². The molecule has 0 aliphatic carbocycles. The van der Waals surface area contributed by atoms with Crippen LogP contribution in [0.1, 0.15) is 23.7 Å². The largest absolute Gasteiger partial charge is 0.438 e. The van der Waals surface area contributed by atoms with E-state index in [1.54, 1.807) is 0 Å². The van der Waals surface area contributed by atoms with E-state index in [1.807, 2.05) is 72.8 Å². The molecule has 0 N–H and O–H groups in total. The van der Waals surface area contributed by atoms with Gasteiger partial charge in [0.05, 0.1) is 16.8 Å². The highest BCUT2D eigenvalue weighted by atomic mass is 16.6. The molecule has 1 aromatic heterocycles. The molecule has 1 aliphatic rings. The van der Waals surface area contributed by atoms with E-state index in [1.165, 1.54) is 0 Å². The lowest BCUT2D eigenvalue weighted by molar-refractivity contribution is 0.0857. The third kappa shape index (κ3) is 3.21. The van der Waals surface area contributed by atoms with Crippen molar-refractivity contribution in [2.24, 2.45) is 5.16 Å². The zero-order valence-corrected chi connectivity index (χ0v) is 15.2. The van der Waals surface area contributed by atoms with Crippen molar-refractivity contribution in [3.63, 3.8) is 0 Å². The lowest BCUT2D eigenvalue weighted by Crippen LogP contribution is -2.05. The third-order valence-electron chi connectivity index (χ3n) is 4.80. The average molecular weight is 366 g/mol. The number of benzene rings is 3. The molecule has 4 heteroatoms. The summed E-state index contributed by atoms with van der Waals surface area (Å²) in [5.41, 5.74) is 3.70. The third-order valence-corrected chi connectivity index (χ3v) is 4.80. The number of hydrogen-bond acceptors (Lipinski definition) is 4. The second kappa shape index (κ2) is 7.16. The number of aromatic nitrogens is 1. The first kappa shape index (κ1) is 16.5. The number of pyridine rings is 1. The average Bonchev–Trinajstić information content (AvgIpc) is 3.25. The summed E-state index contributed by atoms with van der Waals surface area (Å²) in [6, 6.07) is 29.9. The van der Waals surface area contributed by atoms with Crippen LogP contribution in [0.2, 0.25) is 0 Å². The van der Waals surface area contributed by atoms with Crippen LogP contribution in [-0.2, 0) is 4.84 Å². The summed E-state index contributed by atoms with van der Waals surface area (Å²) >= 11 is 0. The van der Waals surface area contributed by atoms with Gasteiger partial charge in [0.15, 0.2) is 6.10 Å². The molecular formula is C24H18N2O2. The van der Waals surface area contributed by atoms with Crippen molar-refractivity contribution >= 4 is 16.6 Å². The lowest BCUT2D eigenvalue weighted by Gasteiger charge is -2.12. The first-order valence-electron chi connectivity index (χ1n) is 9.27. The molecule has 1 atom stereocenters. The first-order chi connectivity index (χ1) is 13.9. The van der Waals surface area contributed by atoms with Crippen LogP contribution in [0.3, 0.4) is 0 Å². The molecule has 2 heterocycles. The summed E-state index contributed by atoms with van der Waals surface area (Å²) in [4.78, 5) is 10.5. The highest BCUT2D eigenvalue weighted by Crippen LogP contribution is 2.34. The van der Waals surface area contributed by atoms with Gasteiger partial charge in [-0.25, -0.2) is 4.98 Å².